The Morgan fingerprint density at radius 3 is 2.88 bits per heavy atom. The fourth-order valence-electron chi connectivity index (χ4n) is 2.00. The lowest BCUT2D eigenvalue weighted by Crippen LogP contribution is -1.92. The number of halogens is 1. The third-order valence-electron chi connectivity index (χ3n) is 2.74. The molecule has 0 radical (unpaired) electrons. The number of hydrogen-bond donors (Lipinski definition) is 1. The predicted octanol–water partition coefficient (Wildman–Crippen LogP) is 3.25. The van der Waals surface area contributed by atoms with E-state index in [9.17, 15) is 14.5 Å². The van der Waals surface area contributed by atoms with Crippen LogP contribution >= 0.6 is 0 Å². The molecule has 0 aliphatic carbocycles. The number of H-pyrrole nitrogens is 1. The molecule has 0 bridgehead atoms. The van der Waals surface area contributed by atoms with E-state index in [1.165, 1.54) is 6.07 Å². The molecular formula is C12H11FN2O2. The Kier molecular flexibility index (Phi) is 2.67. The van der Waals surface area contributed by atoms with Gasteiger partial charge in [0.25, 0.3) is 5.69 Å². The summed E-state index contributed by atoms with van der Waals surface area (Å²) in [6.45, 7) is 5.37. The highest BCUT2D eigenvalue weighted by atomic mass is 19.1. The molecule has 1 aromatic heterocycles. The van der Waals surface area contributed by atoms with E-state index >= 15 is 0 Å². The molecule has 0 atom stereocenters. The maximum atomic E-state index is 13.6. The molecule has 1 N–H and O–H groups in total. The second kappa shape index (κ2) is 4.01. The highest BCUT2D eigenvalue weighted by Crippen LogP contribution is 2.32. The van der Waals surface area contributed by atoms with Gasteiger partial charge in [0.1, 0.15) is 5.82 Å². The number of nitro groups is 1. The van der Waals surface area contributed by atoms with Crippen molar-refractivity contribution in [1.82, 2.24) is 4.98 Å². The molecule has 0 aliphatic rings. The maximum Gasteiger partial charge on any atom is 0.279 e. The topological polar surface area (TPSA) is 58.9 Å². The Hall–Kier alpha value is -2.17. The molecule has 0 spiro atoms. The molecule has 0 fully saturated rings. The van der Waals surface area contributed by atoms with E-state index in [2.05, 4.69) is 11.6 Å². The first-order valence-electron chi connectivity index (χ1n) is 5.11. The molecule has 17 heavy (non-hydrogen) atoms. The van der Waals surface area contributed by atoms with Crippen LogP contribution in [0.3, 0.4) is 0 Å². The third-order valence-corrected chi connectivity index (χ3v) is 2.74. The first-order chi connectivity index (χ1) is 8.06. The summed E-state index contributed by atoms with van der Waals surface area (Å²) in [6.07, 6.45) is 2.11. The summed E-state index contributed by atoms with van der Waals surface area (Å²) in [5.74, 6) is -0.482. The Morgan fingerprint density at radius 1 is 1.59 bits per heavy atom. The summed E-state index contributed by atoms with van der Waals surface area (Å²) < 4.78 is 13.6. The first-order valence-corrected chi connectivity index (χ1v) is 5.11. The molecular weight excluding hydrogens is 223 g/mol. The van der Waals surface area contributed by atoms with Crippen molar-refractivity contribution < 1.29 is 9.31 Å². The van der Waals surface area contributed by atoms with Gasteiger partial charge in [-0.2, -0.15) is 0 Å². The van der Waals surface area contributed by atoms with Gasteiger partial charge < -0.3 is 4.98 Å². The summed E-state index contributed by atoms with van der Waals surface area (Å²) in [5, 5.41) is 11.3. The van der Waals surface area contributed by atoms with Crippen LogP contribution < -0.4 is 0 Å². The standard InChI is InChI=1S/C12H11FN2O2/c1-3-4-8-7(2)14-12-9(13)5-6-10(11(8)12)15(16)17/h3,5-6,14H,1,4H2,2H3. The SMILES string of the molecule is C=CCc1c(C)[nH]c2c(F)ccc([N+](=O)[O-])c12. The van der Waals surface area contributed by atoms with Crippen LogP contribution in [0.25, 0.3) is 10.9 Å². The van der Waals surface area contributed by atoms with Crippen LogP contribution in [0.5, 0.6) is 0 Å². The lowest BCUT2D eigenvalue weighted by molar-refractivity contribution is -0.383. The van der Waals surface area contributed by atoms with Gasteiger partial charge in [0, 0.05) is 11.8 Å². The highest BCUT2D eigenvalue weighted by Gasteiger charge is 2.20. The second-order valence-corrected chi connectivity index (χ2v) is 3.79. The number of aromatic amines is 1. The molecule has 5 heteroatoms. The average Bonchev–Trinajstić information content (AvgIpc) is 2.58. The number of nitro benzene ring substituents is 1. The zero-order chi connectivity index (χ0) is 12.6. The van der Waals surface area contributed by atoms with Crippen LogP contribution in [0.4, 0.5) is 10.1 Å². The Labute approximate surface area is 96.9 Å². The summed E-state index contributed by atoms with van der Waals surface area (Å²) in [5.41, 5.74) is 1.56. The van der Waals surface area contributed by atoms with E-state index in [1.54, 1.807) is 13.0 Å². The van der Waals surface area contributed by atoms with Crippen LogP contribution in [-0.2, 0) is 6.42 Å². The van der Waals surface area contributed by atoms with Crippen LogP contribution in [0.2, 0.25) is 0 Å². The van der Waals surface area contributed by atoms with Gasteiger partial charge in [-0.05, 0) is 25.0 Å². The average molecular weight is 234 g/mol. The Morgan fingerprint density at radius 2 is 2.29 bits per heavy atom. The van der Waals surface area contributed by atoms with E-state index < -0.39 is 10.7 Å². The highest BCUT2D eigenvalue weighted by molar-refractivity contribution is 5.93. The van der Waals surface area contributed by atoms with Gasteiger partial charge >= 0.3 is 0 Å². The smallest absolute Gasteiger partial charge is 0.279 e. The van der Waals surface area contributed by atoms with Crippen molar-refractivity contribution in [2.75, 3.05) is 0 Å². The van der Waals surface area contributed by atoms with Crippen molar-refractivity contribution in [1.29, 1.82) is 0 Å². The van der Waals surface area contributed by atoms with Crippen molar-refractivity contribution in [3.8, 4) is 0 Å². The van der Waals surface area contributed by atoms with Crippen molar-refractivity contribution in [3.63, 3.8) is 0 Å². The van der Waals surface area contributed by atoms with Gasteiger partial charge in [-0.3, -0.25) is 10.1 Å². The number of benzene rings is 1. The summed E-state index contributed by atoms with van der Waals surface area (Å²) in [6, 6.07) is 2.30. The lowest BCUT2D eigenvalue weighted by Gasteiger charge is -1.98. The van der Waals surface area contributed by atoms with Gasteiger partial charge in [-0.25, -0.2) is 4.39 Å². The van der Waals surface area contributed by atoms with Crippen LogP contribution in [0, 0.1) is 22.9 Å². The number of allylic oxidation sites excluding steroid dienone is 1. The molecule has 2 rings (SSSR count). The van der Waals surface area contributed by atoms with E-state index in [0.29, 0.717) is 11.8 Å². The molecule has 0 amide bonds. The second-order valence-electron chi connectivity index (χ2n) is 3.79. The largest absolute Gasteiger partial charge is 0.356 e. The number of hydrogen-bond acceptors (Lipinski definition) is 2. The number of nitrogens with zero attached hydrogens (tertiary/aromatic N) is 1. The minimum absolute atomic E-state index is 0.0809. The maximum absolute atomic E-state index is 13.6. The molecule has 0 saturated heterocycles. The molecule has 1 aromatic carbocycles. The number of nitrogens with one attached hydrogen (secondary N) is 1. The van der Waals surface area contributed by atoms with Crippen molar-refractivity contribution in [2.24, 2.45) is 0 Å². The zero-order valence-electron chi connectivity index (χ0n) is 9.29. The van der Waals surface area contributed by atoms with Crippen LogP contribution in [-0.4, -0.2) is 9.91 Å². The third kappa shape index (κ3) is 1.69. The van der Waals surface area contributed by atoms with Crippen LogP contribution in [0.15, 0.2) is 24.8 Å². The van der Waals surface area contributed by atoms with E-state index in [0.717, 1.165) is 17.3 Å². The van der Waals surface area contributed by atoms with E-state index in [4.69, 9.17) is 0 Å². The molecule has 1 heterocycles. The van der Waals surface area contributed by atoms with Gasteiger partial charge in [0.05, 0.1) is 15.8 Å². The van der Waals surface area contributed by atoms with Crippen molar-refractivity contribution >= 4 is 16.6 Å². The monoisotopic (exact) mass is 234 g/mol. The number of rotatable bonds is 3. The molecule has 88 valence electrons. The van der Waals surface area contributed by atoms with E-state index in [-0.39, 0.29) is 11.2 Å². The summed E-state index contributed by atoms with van der Waals surface area (Å²) in [4.78, 5) is 13.3. The van der Waals surface area contributed by atoms with Crippen LogP contribution in [0.1, 0.15) is 11.3 Å². The number of aryl methyl sites for hydroxylation is 1. The number of non-ortho nitro benzene ring substituents is 1. The van der Waals surface area contributed by atoms with Crippen molar-refractivity contribution in [3.05, 3.63) is 52.0 Å². The number of aromatic nitrogens is 1. The number of fused-ring (bicyclic) bond motifs is 1. The summed E-state index contributed by atoms with van der Waals surface area (Å²) >= 11 is 0. The molecule has 0 aliphatic heterocycles. The van der Waals surface area contributed by atoms with E-state index in [1.807, 2.05) is 0 Å². The Balaban J connectivity index is 2.89. The van der Waals surface area contributed by atoms with Gasteiger partial charge in [0.15, 0.2) is 0 Å². The Bertz CT molecular complexity index is 616. The predicted molar refractivity (Wildman–Crippen MR) is 63.5 cm³/mol. The molecule has 4 nitrogen and oxygen atoms in total. The zero-order valence-corrected chi connectivity index (χ0v) is 9.29. The minimum Gasteiger partial charge on any atom is -0.356 e. The minimum atomic E-state index is -0.498. The fourth-order valence-corrected chi connectivity index (χ4v) is 2.00. The van der Waals surface area contributed by atoms with Crippen molar-refractivity contribution in [2.45, 2.75) is 13.3 Å². The lowest BCUT2D eigenvalue weighted by atomic mass is 10.1. The molecule has 0 saturated carbocycles. The molecule has 0 unspecified atom stereocenters. The quantitative estimate of drug-likeness (QED) is 0.503. The van der Waals surface area contributed by atoms with Gasteiger partial charge in [-0.1, -0.05) is 6.08 Å². The fraction of sp³-hybridized carbons (Fsp3) is 0.167. The van der Waals surface area contributed by atoms with Gasteiger partial charge in [0.2, 0.25) is 0 Å². The normalized spacial score (nSPS) is 10.7. The van der Waals surface area contributed by atoms with Gasteiger partial charge in [-0.15, -0.1) is 6.58 Å². The molecule has 2 aromatic rings. The first kappa shape index (κ1) is 11.3. The summed E-state index contributed by atoms with van der Waals surface area (Å²) in [7, 11) is 0.